The van der Waals surface area contributed by atoms with Crippen molar-refractivity contribution < 1.29 is 19.4 Å². The number of carbonyl (C=O) groups is 1. The molecule has 0 aliphatic heterocycles. The molecule has 0 fully saturated rings. The first-order valence-electron chi connectivity index (χ1n) is 6.90. The third-order valence-corrected chi connectivity index (χ3v) is 3.05. The summed E-state index contributed by atoms with van der Waals surface area (Å²) < 4.78 is 10.6. The minimum Gasteiger partial charge on any atom is -0.494 e. The first kappa shape index (κ1) is 20.7. The summed E-state index contributed by atoms with van der Waals surface area (Å²) in [6, 6.07) is 0. The molecule has 0 saturated heterocycles. The zero-order chi connectivity index (χ0) is 17.4. The number of hydrogen-bond acceptors (Lipinski definition) is 4. The van der Waals surface area contributed by atoms with Gasteiger partial charge in [0.1, 0.15) is 30.3 Å². The molecule has 1 N–H and O–H groups in total. The molecule has 0 aromatic heterocycles. The lowest BCUT2D eigenvalue weighted by molar-refractivity contribution is -0.128. The maximum atomic E-state index is 11.5. The molecular formula is C17H25BrO4. The van der Waals surface area contributed by atoms with Gasteiger partial charge in [0.2, 0.25) is 0 Å². The Kier molecular flexibility index (Phi) is 8.41. The second-order valence-corrected chi connectivity index (χ2v) is 7.63. The van der Waals surface area contributed by atoms with E-state index < -0.39 is 5.60 Å². The van der Waals surface area contributed by atoms with Crippen LogP contribution in [-0.2, 0) is 14.3 Å². The average Bonchev–Trinajstić information content (AvgIpc) is 2.38. The van der Waals surface area contributed by atoms with Crippen molar-refractivity contribution in [3.63, 3.8) is 0 Å². The van der Waals surface area contributed by atoms with Crippen molar-refractivity contribution in [3.05, 3.63) is 49.0 Å². The average molecular weight is 373 g/mol. The first-order valence-corrected chi connectivity index (χ1v) is 7.69. The van der Waals surface area contributed by atoms with Gasteiger partial charge < -0.3 is 14.6 Å². The molecule has 0 aliphatic rings. The molecule has 124 valence electrons. The van der Waals surface area contributed by atoms with Crippen molar-refractivity contribution in [2.75, 3.05) is 13.2 Å². The molecule has 0 aliphatic carbocycles. The van der Waals surface area contributed by atoms with Crippen molar-refractivity contribution in [1.29, 1.82) is 0 Å². The second-order valence-electron chi connectivity index (χ2n) is 5.65. The lowest BCUT2D eigenvalue weighted by Gasteiger charge is -2.20. The highest BCUT2D eigenvalue weighted by molar-refractivity contribution is 9.10. The molecule has 5 heteroatoms. The maximum absolute atomic E-state index is 11.5. The van der Waals surface area contributed by atoms with Gasteiger partial charge in [-0.2, -0.15) is 0 Å². The summed E-state index contributed by atoms with van der Waals surface area (Å²) in [6.45, 7) is 14.9. The molecule has 0 rings (SSSR count). The summed E-state index contributed by atoms with van der Waals surface area (Å²) in [7, 11) is 0. The van der Waals surface area contributed by atoms with Crippen molar-refractivity contribution in [3.8, 4) is 0 Å². The highest BCUT2D eigenvalue weighted by Crippen LogP contribution is 2.25. The van der Waals surface area contributed by atoms with E-state index in [1.807, 2.05) is 13.8 Å². The Morgan fingerprint density at radius 3 is 2.23 bits per heavy atom. The van der Waals surface area contributed by atoms with E-state index in [9.17, 15) is 9.90 Å². The van der Waals surface area contributed by atoms with Crippen LogP contribution in [0.1, 0.15) is 27.7 Å². The third-order valence-electron chi connectivity index (χ3n) is 2.60. The Labute approximate surface area is 141 Å². The van der Waals surface area contributed by atoms with Crippen LogP contribution in [0.15, 0.2) is 49.0 Å². The molecule has 0 saturated carbocycles. The summed E-state index contributed by atoms with van der Waals surface area (Å²) >= 11 is 3.45. The second kappa shape index (κ2) is 8.96. The standard InChI is InChI=1S/C17H25BrO4/c1-7-14(9-8-10-15(19)17(5,6)20)22-12-11-21-13(2)16(3,4)18/h7-10,20H,1-2,11-12H2,3-6H3/b10-8+,14-9+. The van der Waals surface area contributed by atoms with Crippen LogP contribution in [-0.4, -0.2) is 34.0 Å². The molecule has 0 aromatic carbocycles. The van der Waals surface area contributed by atoms with Crippen LogP contribution in [0.25, 0.3) is 0 Å². The quantitative estimate of drug-likeness (QED) is 0.209. The van der Waals surface area contributed by atoms with Crippen molar-refractivity contribution >= 4 is 21.7 Å². The Morgan fingerprint density at radius 1 is 1.23 bits per heavy atom. The van der Waals surface area contributed by atoms with Crippen LogP contribution in [0, 0.1) is 0 Å². The Bertz CT molecular complexity index is 462. The van der Waals surface area contributed by atoms with Crippen LogP contribution in [0.5, 0.6) is 0 Å². The van der Waals surface area contributed by atoms with E-state index in [2.05, 4.69) is 29.1 Å². The molecule has 0 aromatic rings. The van der Waals surface area contributed by atoms with E-state index in [0.717, 1.165) is 0 Å². The largest absolute Gasteiger partial charge is 0.494 e. The molecule has 0 atom stereocenters. The minimum absolute atomic E-state index is 0.287. The third kappa shape index (κ3) is 8.85. The lowest BCUT2D eigenvalue weighted by Crippen LogP contribution is -2.29. The summed E-state index contributed by atoms with van der Waals surface area (Å²) in [6.07, 6.45) is 5.93. The normalized spacial score (nSPS) is 13.1. The van der Waals surface area contributed by atoms with E-state index in [0.29, 0.717) is 24.7 Å². The fourth-order valence-electron chi connectivity index (χ4n) is 1.11. The number of halogens is 1. The zero-order valence-electron chi connectivity index (χ0n) is 13.7. The van der Waals surface area contributed by atoms with Gasteiger partial charge in [-0.3, -0.25) is 4.79 Å². The number of ketones is 1. The lowest BCUT2D eigenvalue weighted by atomic mass is 10.0. The van der Waals surface area contributed by atoms with Gasteiger partial charge in [0, 0.05) is 0 Å². The fraction of sp³-hybridized carbons (Fsp3) is 0.471. The Hall–Kier alpha value is -1.33. The van der Waals surface area contributed by atoms with Gasteiger partial charge in [0.25, 0.3) is 0 Å². The van der Waals surface area contributed by atoms with Crippen molar-refractivity contribution in [2.24, 2.45) is 0 Å². The smallest absolute Gasteiger partial charge is 0.186 e. The summed E-state index contributed by atoms with van der Waals surface area (Å²) in [5, 5.41) is 9.50. The predicted octanol–water partition coefficient (Wildman–Crippen LogP) is 3.67. The van der Waals surface area contributed by atoms with E-state index >= 15 is 0 Å². The fourth-order valence-corrected chi connectivity index (χ4v) is 1.22. The molecule has 0 heterocycles. The number of hydrogen-bond donors (Lipinski definition) is 1. The van der Waals surface area contributed by atoms with Gasteiger partial charge in [-0.05, 0) is 45.9 Å². The summed E-state index contributed by atoms with van der Waals surface area (Å²) in [5.41, 5.74) is -1.38. The molecule has 0 spiro atoms. The number of ether oxygens (including phenoxy) is 2. The molecular weight excluding hydrogens is 348 g/mol. The molecule has 22 heavy (non-hydrogen) atoms. The van der Waals surface area contributed by atoms with Gasteiger partial charge >= 0.3 is 0 Å². The topological polar surface area (TPSA) is 55.8 Å². The Morgan fingerprint density at radius 2 is 1.77 bits per heavy atom. The molecule has 0 amide bonds. The van der Waals surface area contributed by atoms with E-state index in [4.69, 9.17) is 9.47 Å². The monoisotopic (exact) mass is 372 g/mol. The van der Waals surface area contributed by atoms with Gasteiger partial charge in [-0.1, -0.05) is 35.2 Å². The predicted molar refractivity (Wildman–Crippen MR) is 92.8 cm³/mol. The zero-order valence-corrected chi connectivity index (χ0v) is 15.3. The number of rotatable bonds is 10. The van der Waals surface area contributed by atoms with Crippen LogP contribution in [0.3, 0.4) is 0 Å². The van der Waals surface area contributed by atoms with E-state index in [1.54, 1.807) is 6.08 Å². The van der Waals surface area contributed by atoms with Gasteiger partial charge in [-0.15, -0.1) is 0 Å². The molecule has 0 radical (unpaired) electrons. The van der Waals surface area contributed by atoms with Crippen molar-refractivity contribution in [2.45, 2.75) is 37.6 Å². The number of allylic oxidation sites excluding steroid dienone is 4. The van der Waals surface area contributed by atoms with Gasteiger partial charge in [0.05, 0.1) is 4.32 Å². The highest BCUT2D eigenvalue weighted by atomic mass is 79.9. The molecule has 0 bridgehead atoms. The molecule has 4 nitrogen and oxygen atoms in total. The maximum Gasteiger partial charge on any atom is 0.186 e. The minimum atomic E-state index is -1.38. The SMILES string of the molecule is C=C/C(=C\C=C\C(=O)C(C)(C)O)OCCOC(=C)C(C)(C)Br. The van der Waals surface area contributed by atoms with E-state index in [1.165, 1.54) is 32.1 Å². The van der Waals surface area contributed by atoms with Crippen LogP contribution < -0.4 is 0 Å². The van der Waals surface area contributed by atoms with Crippen molar-refractivity contribution in [1.82, 2.24) is 0 Å². The van der Waals surface area contributed by atoms with Crippen LogP contribution >= 0.6 is 15.9 Å². The van der Waals surface area contributed by atoms with Gasteiger partial charge in [0.15, 0.2) is 5.78 Å². The number of carbonyl (C=O) groups excluding carboxylic acids is 1. The highest BCUT2D eigenvalue weighted by Gasteiger charge is 2.20. The van der Waals surface area contributed by atoms with Crippen LogP contribution in [0.4, 0.5) is 0 Å². The van der Waals surface area contributed by atoms with E-state index in [-0.39, 0.29) is 10.1 Å². The Balaban J connectivity index is 4.31. The number of alkyl halides is 1. The first-order chi connectivity index (χ1) is 9.98. The van der Waals surface area contributed by atoms with Crippen LogP contribution in [0.2, 0.25) is 0 Å². The number of aliphatic hydroxyl groups is 1. The summed E-state index contributed by atoms with van der Waals surface area (Å²) in [5.74, 6) is 0.745. The molecule has 0 unspecified atom stereocenters. The summed E-state index contributed by atoms with van der Waals surface area (Å²) in [4.78, 5) is 11.5. The van der Waals surface area contributed by atoms with Gasteiger partial charge in [-0.25, -0.2) is 0 Å².